The molecule has 8 nitrogen and oxygen atoms in total. The van der Waals surface area contributed by atoms with Crippen LogP contribution in [-0.2, 0) is 19.1 Å². The molecule has 1 aliphatic carbocycles. The van der Waals surface area contributed by atoms with E-state index >= 15 is 0 Å². The molecule has 5 atom stereocenters. The fourth-order valence-electron chi connectivity index (χ4n) is 3.98. The predicted molar refractivity (Wildman–Crippen MR) is 127 cm³/mol. The lowest BCUT2D eigenvalue weighted by atomic mass is 9.88. The number of nitrogens with one attached hydrogen (secondary N) is 1. The number of fused-ring (bicyclic) bond motifs is 2. The van der Waals surface area contributed by atoms with Crippen molar-refractivity contribution in [2.75, 3.05) is 7.11 Å². The third kappa shape index (κ3) is 6.70. The highest BCUT2D eigenvalue weighted by Crippen LogP contribution is 2.25. The summed E-state index contributed by atoms with van der Waals surface area (Å²) in [4.78, 5) is 37.9. The number of ketones is 2. The van der Waals surface area contributed by atoms with E-state index in [0.717, 1.165) is 6.08 Å². The monoisotopic (exact) mass is 473 g/mol. The summed E-state index contributed by atoms with van der Waals surface area (Å²) >= 11 is 0. The first-order valence-electron chi connectivity index (χ1n) is 11.4. The van der Waals surface area contributed by atoms with Gasteiger partial charge in [0.15, 0.2) is 5.78 Å². The molecule has 2 rings (SSSR count). The Labute approximate surface area is 200 Å². The predicted octanol–water partition coefficient (Wildman–Crippen LogP) is 1.82. The number of carbonyl (C=O) groups is 3. The summed E-state index contributed by atoms with van der Waals surface area (Å²) < 4.78 is 5.35. The Hall–Kier alpha value is -2.65. The number of Topliss-reactive ketones (excluding diaryl/α,β-unsaturated/α-hetero) is 1. The van der Waals surface area contributed by atoms with E-state index in [-0.39, 0.29) is 24.3 Å². The second kappa shape index (κ2) is 12.2. The van der Waals surface area contributed by atoms with E-state index in [1.807, 2.05) is 0 Å². The van der Waals surface area contributed by atoms with Gasteiger partial charge < -0.3 is 25.4 Å². The topological polar surface area (TPSA) is 133 Å². The van der Waals surface area contributed by atoms with E-state index in [9.17, 15) is 29.7 Å². The third-order valence-corrected chi connectivity index (χ3v) is 6.31. The zero-order chi connectivity index (χ0) is 25.6. The first-order chi connectivity index (χ1) is 16.0. The summed E-state index contributed by atoms with van der Waals surface area (Å²) in [6.07, 6.45) is 4.40. The second-order valence-corrected chi connectivity index (χ2v) is 8.91. The van der Waals surface area contributed by atoms with Crippen LogP contribution in [0.1, 0.15) is 47.0 Å². The average Bonchev–Trinajstić information content (AvgIpc) is 2.80. The van der Waals surface area contributed by atoms with E-state index in [1.165, 1.54) is 13.2 Å². The molecule has 1 amide bonds. The number of carbonyl (C=O) groups excluding carboxylic acids is 3. The van der Waals surface area contributed by atoms with Crippen LogP contribution in [-0.4, -0.2) is 64.3 Å². The Morgan fingerprint density at radius 3 is 2.41 bits per heavy atom. The molecule has 34 heavy (non-hydrogen) atoms. The first-order valence-corrected chi connectivity index (χ1v) is 11.4. The molecular formula is C26H35NO7. The fraction of sp³-hybridized carbons (Fsp3) is 0.500. The Balaban J connectivity index is 2.42. The van der Waals surface area contributed by atoms with Crippen molar-refractivity contribution in [3.05, 3.63) is 58.4 Å². The number of rotatable bonds is 1. The van der Waals surface area contributed by atoms with Crippen molar-refractivity contribution in [3.63, 3.8) is 0 Å². The lowest BCUT2D eigenvalue weighted by molar-refractivity contribution is -0.120. The van der Waals surface area contributed by atoms with Crippen LogP contribution in [0.3, 0.4) is 0 Å². The quantitative estimate of drug-likeness (QED) is 0.337. The van der Waals surface area contributed by atoms with Crippen molar-refractivity contribution in [2.24, 2.45) is 5.92 Å². The van der Waals surface area contributed by atoms with Crippen molar-refractivity contribution in [1.29, 1.82) is 0 Å². The van der Waals surface area contributed by atoms with Gasteiger partial charge in [-0.25, -0.2) is 0 Å². The van der Waals surface area contributed by atoms with E-state index in [4.69, 9.17) is 4.74 Å². The minimum atomic E-state index is -1.08. The van der Waals surface area contributed by atoms with Crippen molar-refractivity contribution in [1.82, 2.24) is 5.32 Å². The molecule has 0 aromatic carbocycles. The number of hydrogen-bond acceptors (Lipinski definition) is 7. The zero-order valence-corrected chi connectivity index (χ0v) is 20.4. The zero-order valence-electron chi connectivity index (χ0n) is 20.4. The van der Waals surface area contributed by atoms with E-state index in [0.29, 0.717) is 28.7 Å². The van der Waals surface area contributed by atoms with Crippen LogP contribution in [0.2, 0.25) is 0 Å². The molecular weight excluding hydrogens is 438 g/mol. The van der Waals surface area contributed by atoms with Gasteiger partial charge in [-0.2, -0.15) is 0 Å². The summed E-state index contributed by atoms with van der Waals surface area (Å²) in [5.41, 5.74) is 1.37. The van der Waals surface area contributed by atoms with Gasteiger partial charge in [0.25, 0.3) is 5.91 Å². The van der Waals surface area contributed by atoms with E-state index < -0.39 is 42.0 Å². The van der Waals surface area contributed by atoms with E-state index in [1.54, 1.807) is 45.9 Å². The van der Waals surface area contributed by atoms with Crippen LogP contribution < -0.4 is 5.32 Å². The molecule has 0 aromatic rings. The van der Waals surface area contributed by atoms with Crippen molar-refractivity contribution < 1.29 is 34.4 Å². The van der Waals surface area contributed by atoms with Gasteiger partial charge in [-0.1, -0.05) is 31.2 Å². The highest BCUT2D eigenvalue weighted by molar-refractivity contribution is 6.23. The molecule has 1 heterocycles. The SMILES string of the molecule is COC1/C=C\C=C(/C)C(=O)NC2=CC(=O)C(C)=C(CCCC(O)[C@H](O)[C@@H](C)/C=C(\C)C1O)C2=O. The fourth-order valence-corrected chi connectivity index (χ4v) is 3.98. The second-order valence-electron chi connectivity index (χ2n) is 8.91. The molecule has 0 radical (unpaired) electrons. The summed E-state index contributed by atoms with van der Waals surface area (Å²) in [6.45, 7) is 6.58. The molecule has 0 spiro atoms. The maximum atomic E-state index is 12.9. The molecule has 0 saturated heterocycles. The Kier molecular flexibility index (Phi) is 9.88. The van der Waals surface area contributed by atoms with Gasteiger partial charge in [0.05, 0.1) is 17.9 Å². The van der Waals surface area contributed by atoms with Crippen LogP contribution in [0.15, 0.2) is 58.4 Å². The normalized spacial score (nSPS) is 34.5. The van der Waals surface area contributed by atoms with Gasteiger partial charge in [-0.05, 0) is 45.6 Å². The lowest BCUT2D eigenvalue weighted by Crippen LogP contribution is -2.33. The molecule has 0 aromatic heterocycles. The van der Waals surface area contributed by atoms with Crippen LogP contribution >= 0.6 is 0 Å². The standard InChI is InChI=1S/C26H35NO7/c1-14-8-6-11-22(34-5)24(31)16(3)12-15(2)23(30)20(28)10-7-9-18-17(4)21(29)13-19(25(18)32)27-26(14)33/h6,8,11-13,15,20,22-24,28,30-31H,7,9-10H2,1-5H3,(H,27,33)/b11-6-,14-8+,16-12+/t15-,20?,22?,23+,24?/m0/s1. The third-order valence-electron chi connectivity index (χ3n) is 6.31. The molecule has 2 bridgehead atoms. The maximum absolute atomic E-state index is 12.9. The maximum Gasteiger partial charge on any atom is 0.251 e. The molecule has 4 N–H and O–H groups in total. The minimum Gasteiger partial charge on any atom is -0.390 e. The molecule has 1 aliphatic heterocycles. The van der Waals surface area contributed by atoms with Crippen molar-refractivity contribution in [2.45, 2.75) is 71.4 Å². The Bertz CT molecular complexity index is 970. The Morgan fingerprint density at radius 1 is 1.09 bits per heavy atom. The number of aliphatic hydroxyl groups is 3. The molecule has 3 unspecified atom stereocenters. The molecule has 2 aliphatic rings. The summed E-state index contributed by atoms with van der Waals surface area (Å²) in [6, 6.07) is 0. The molecule has 0 fully saturated rings. The van der Waals surface area contributed by atoms with Crippen LogP contribution in [0.4, 0.5) is 0 Å². The first kappa shape index (κ1) is 27.6. The minimum absolute atomic E-state index is 0.0931. The largest absolute Gasteiger partial charge is 0.390 e. The smallest absolute Gasteiger partial charge is 0.251 e. The Morgan fingerprint density at radius 2 is 1.76 bits per heavy atom. The number of ether oxygens (including phenoxy) is 1. The average molecular weight is 474 g/mol. The lowest BCUT2D eigenvalue weighted by Gasteiger charge is -2.25. The van der Waals surface area contributed by atoms with Crippen LogP contribution in [0, 0.1) is 5.92 Å². The van der Waals surface area contributed by atoms with Gasteiger partial charge in [0.1, 0.15) is 12.2 Å². The molecule has 8 heteroatoms. The highest BCUT2D eigenvalue weighted by atomic mass is 16.5. The summed E-state index contributed by atoms with van der Waals surface area (Å²) in [7, 11) is 1.44. The molecule has 186 valence electrons. The van der Waals surface area contributed by atoms with Crippen LogP contribution in [0.5, 0.6) is 0 Å². The number of allylic oxidation sites excluding steroid dienone is 5. The van der Waals surface area contributed by atoms with E-state index in [2.05, 4.69) is 5.32 Å². The number of hydrogen-bond donors (Lipinski definition) is 4. The molecule has 0 saturated carbocycles. The summed E-state index contributed by atoms with van der Waals surface area (Å²) in [5.74, 6) is -1.78. The van der Waals surface area contributed by atoms with Gasteiger partial charge >= 0.3 is 0 Å². The number of methoxy groups -OCH3 is 1. The highest BCUT2D eigenvalue weighted by Gasteiger charge is 2.28. The van der Waals surface area contributed by atoms with Gasteiger partial charge in [0, 0.05) is 35.8 Å². The number of aliphatic hydroxyl groups excluding tert-OH is 3. The van der Waals surface area contributed by atoms with Crippen molar-refractivity contribution >= 4 is 17.5 Å². The number of amides is 1. The van der Waals surface area contributed by atoms with Gasteiger partial charge in [0.2, 0.25) is 5.78 Å². The van der Waals surface area contributed by atoms with Gasteiger partial charge in [-0.15, -0.1) is 0 Å². The summed E-state index contributed by atoms with van der Waals surface area (Å²) in [5, 5.41) is 34.2. The van der Waals surface area contributed by atoms with Gasteiger partial charge in [-0.3, -0.25) is 14.4 Å². The van der Waals surface area contributed by atoms with Crippen molar-refractivity contribution in [3.8, 4) is 0 Å². The van der Waals surface area contributed by atoms with Crippen LogP contribution in [0.25, 0.3) is 0 Å².